The van der Waals surface area contributed by atoms with Gasteiger partial charge >= 0.3 is 0 Å². The smallest absolute Gasteiger partial charge is 0.0247 e. The number of nitrogens with one attached hydrogen (secondary N) is 7. The Balaban J connectivity index is -0.0000000752. The maximum absolute atomic E-state index is 6.61. The van der Waals surface area contributed by atoms with E-state index >= 15 is 0 Å². The maximum Gasteiger partial charge on any atom is 0.0247 e. The minimum Gasteiger partial charge on any atom is -0.679 e. The zero-order valence-electron chi connectivity index (χ0n) is 26.6. The fourth-order valence-corrected chi connectivity index (χ4v) is 1.21. The first-order chi connectivity index (χ1) is 21.9. The van der Waals surface area contributed by atoms with Gasteiger partial charge in [0.15, 0.2) is 0 Å². The second-order valence-electron chi connectivity index (χ2n) is 6.42. The summed E-state index contributed by atoms with van der Waals surface area (Å²) in [5.41, 5.74) is 32.8. The third-order valence-electron chi connectivity index (χ3n) is 2.74. The molecule has 0 aromatic carbocycles. The second-order valence-corrected chi connectivity index (χ2v) is 6.42. The molecule has 0 radical (unpaired) electrons. The molecule has 0 aromatic rings. The number of hydrogen-bond acceptors (Lipinski definition) is 7. The van der Waals surface area contributed by atoms with E-state index in [1.807, 2.05) is 0 Å². The molecule has 0 aliphatic heterocycles. The summed E-state index contributed by atoms with van der Waals surface area (Å²) in [6, 6.07) is 0. The van der Waals surface area contributed by atoms with E-state index < -0.39 is 0 Å². The molecule has 0 aliphatic carbocycles. The van der Waals surface area contributed by atoms with Crippen molar-refractivity contribution in [2.75, 3.05) is 91.6 Å². The minimum absolute atomic E-state index is 0.236. The van der Waals surface area contributed by atoms with Gasteiger partial charge in [-0.2, -0.15) is 19.6 Å². The topological polar surface area (TPSA) is 257 Å². The first-order valence-electron chi connectivity index (χ1n) is 13.4. The largest absolute Gasteiger partial charge is 0.679 e. The summed E-state index contributed by atoms with van der Waals surface area (Å²) >= 11 is 0. The minimum atomic E-state index is 0.236. The molecule has 14 nitrogen and oxygen atoms in total. The quantitative estimate of drug-likeness (QED) is 0.0762. The van der Waals surface area contributed by atoms with Gasteiger partial charge in [-0.05, 0) is 38.3 Å². The van der Waals surface area contributed by atoms with E-state index in [9.17, 15) is 0 Å². The number of aliphatic imine (C=N–C) groups is 5. The molecular formula is C31H54N14-12. The Morgan fingerprint density at radius 3 is 1.42 bits per heavy atom. The lowest BCUT2D eigenvalue weighted by Crippen LogP contribution is -1.89. The van der Waals surface area contributed by atoms with E-state index in [4.69, 9.17) is 72.4 Å². The van der Waals surface area contributed by atoms with Crippen LogP contribution in [0.25, 0.3) is 39.3 Å². The third-order valence-corrected chi connectivity index (χ3v) is 2.74. The Morgan fingerprint density at radius 1 is 0.578 bits per heavy atom. The SMILES string of the molecule is C=NCC[NH-].N=CC[N-]CC[NH-].[CH-]=CC=NCC=[CH-].[CH-]=CCN=C.[CH-]=CCN=CC[NH-].[CH-]=CC[N-]CC=N.[NH-]CC=NCC[NH-]. The highest BCUT2D eigenvalue weighted by molar-refractivity contribution is 5.69. The third kappa shape index (κ3) is 144. The zero-order chi connectivity index (χ0) is 35.9. The van der Waals surface area contributed by atoms with Crippen molar-refractivity contribution in [2.45, 2.75) is 0 Å². The van der Waals surface area contributed by atoms with Gasteiger partial charge in [0.25, 0.3) is 0 Å². The molecular weight excluding hydrogens is 568 g/mol. The lowest BCUT2D eigenvalue weighted by molar-refractivity contribution is 1.09. The van der Waals surface area contributed by atoms with E-state index in [-0.39, 0.29) is 13.1 Å². The van der Waals surface area contributed by atoms with Crippen LogP contribution in [-0.4, -0.2) is 136 Å². The van der Waals surface area contributed by atoms with Crippen molar-refractivity contribution >= 4 is 44.5 Å². The summed E-state index contributed by atoms with van der Waals surface area (Å²) in [5, 5.41) is 20.6. The predicted molar refractivity (Wildman–Crippen MR) is 203 cm³/mol. The van der Waals surface area contributed by atoms with E-state index in [1.165, 1.54) is 61.5 Å². The predicted octanol–water partition coefficient (Wildman–Crippen LogP) is 6.77. The van der Waals surface area contributed by atoms with E-state index in [1.54, 1.807) is 0 Å². The molecule has 0 rings (SSSR count). The van der Waals surface area contributed by atoms with Crippen LogP contribution in [0.3, 0.4) is 0 Å². The molecule has 0 fully saturated rings. The van der Waals surface area contributed by atoms with Crippen LogP contribution in [0.15, 0.2) is 55.3 Å². The molecule has 0 spiro atoms. The van der Waals surface area contributed by atoms with Gasteiger partial charge < -0.3 is 91.4 Å². The maximum atomic E-state index is 6.61. The number of nitrogens with zero attached hydrogens (tertiary/aromatic N) is 7. The number of hydrogen-bond donors (Lipinski definition) is 2. The molecule has 0 amide bonds. The fraction of sp³-hybridized carbons (Fsp3) is 0.452. The second kappa shape index (κ2) is 83.5. The molecule has 0 atom stereocenters. The molecule has 260 valence electrons. The van der Waals surface area contributed by atoms with Gasteiger partial charge in [0.05, 0.1) is 0 Å². The van der Waals surface area contributed by atoms with Crippen LogP contribution in [0, 0.1) is 43.7 Å². The molecule has 0 heterocycles. The van der Waals surface area contributed by atoms with Crippen LogP contribution < -0.4 is 0 Å². The van der Waals surface area contributed by atoms with Crippen molar-refractivity contribution in [1.82, 2.24) is 0 Å². The summed E-state index contributed by atoms with van der Waals surface area (Å²) < 4.78 is 0. The van der Waals surface area contributed by atoms with Gasteiger partial charge in [-0.15, -0.1) is 45.5 Å². The highest BCUT2D eigenvalue weighted by atomic mass is 14.9. The van der Waals surface area contributed by atoms with Crippen molar-refractivity contribution in [1.29, 1.82) is 10.8 Å². The lowest BCUT2D eigenvalue weighted by Gasteiger charge is -2.15. The standard InChI is InChI=1S/C6H7N.2C5H8N2.2C4H9N3.C4H6N.C3H7N2/c1-3-5-7-6-4-2;2*1-2-4-7-5-3-6;2*5-1-3-7-4-2-6;1-3-4-5-2;1-5-3-2-4/h1-5H,6H2;1-2,5-6H,3-4H2;1-3,6H,4-5H2;3,5-6H,1-2,4H2;1,5-6H,2-4H2;1,3H,2,4H2;4H,1-3H2/q5*-2;2*-1. The van der Waals surface area contributed by atoms with Gasteiger partial charge in [0, 0.05) is 32.7 Å². The molecule has 0 unspecified atom stereocenters. The molecule has 0 saturated carbocycles. The Morgan fingerprint density at radius 2 is 1.09 bits per heavy atom. The van der Waals surface area contributed by atoms with Crippen LogP contribution in [-0.2, 0) is 0 Å². The summed E-state index contributed by atoms with van der Waals surface area (Å²) in [5.74, 6) is 0. The zero-order valence-corrected chi connectivity index (χ0v) is 26.6. The molecule has 0 bridgehead atoms. The first-order valence-corrected chi connectivity index (χ1v) is 13.4. The molecule has 0 aromatic heterocycles. The van der Waals surface area contributed by atoms with Crippen LogP contribution >= 0.6 is 0 Å². The molecule has 45 heavy (non-hydrogen) atoms. The van der Waals surface area contributed by atoms with Gasteiger partial charge in [-0.3, -0.25) is 40.9 Å². The fourth-order valence-electron chi connectivity index (χ4n) is 1.21. The van der Waals surface area contributed by atoms with Crippen molar-refractivity contribution in [3.8, 4) is 0 Å². The summed E-state index contributed by atoms with van der Waals surface area (Å²) in [4.78, 5) is 18.0. The van der Waals surface area contributed by atoms with Crippen LogP contribution in [0.2, 0.25) is 0 Å². The summed E-state index contributed by atoms with van der Waals surface area (Å²) in [7, 11) is 0. The molecule has 7 N–H and O–H groups in total. The highest BCUT2D eigenvalue weighted by Gasteiger charge is 1.59. The lowest BCUT2D eigenvalue weighted by atomic mass is 10.6. The van der Waals surface area contributed by atoms with Gasteiger partial charge in [0.2, 0.25) is 0 Å². The van der Waals surface area contributed by atoms with Crippen LogP contribution in [0.4, 0.5) is 0 Å². The molecule has 14 heteroatoms. The average molecular weight is 623 g/mol. The van der Waals surface area contributed by atoms with Crippen molar-refractivity contribution in [3.63, 3.8) is 0 Å². The first kappa shape index (κ1) is 56.8. The van der Waals surface area contributed by atoms with Gasteiger partial charge in [-0.1, -0.05) is 0 Å². The molecule has 0 saturated heterocycles. The normalized spacial score (nSPS) is 8.73. The Hall–Kier alpha value is -3.89. The van der Waals surface area contributed by atoms with E-state index in [0.29, 0.717) is 78.5 Å². The summed E-state index contributed by atoms with van der Waals surface area (Å²) in [6.07, 6.45) is 14.2. The van der Waals surface area contributed by atoms with Crippen LogP contribution in [0.5, 0.6) is 0 Å². The Bertz CT molecular complexity index is 676. The Labute approximate surface area is 274 Å². The van der Waals surface area contributed by atoms with Crippen LogP contribution in [0.1, 0.15) is 0 Å². The van der Waals surface area contributed by atoms with Gasteiger partial charge in [-0.25, -0.2) is 6.08 Å². The number of allylic oxidation sites excluding steroid dienone is 1. The van der Waals surface area contributed by atoms with E-state index in [2.05, 4.69) is 49.0 Å². The van der Waals surface area contributed by atoms with E-state index in [0.717, 1.165) is 0 Å². The van der Waals surface area contributed by atoms with Gasteiger partial charge in [0.1, 0.15) is 0 Å². The van der Waals surface area contributed by atoms with Crippen molar-refractivity contribution in [2.24, 2.45) is 25.0 Å². The summed E-state index contributed by atoms with van der Waals surface area (Å²) in [6.45, 7) is 37.4. The monoisotopic (exact) mass is 622 g/mol. The average Bonchev–Trinajstić information content (AvgIpc) is 3.05. The Kier molecular flexibility index (Phi) is 105. The van der Waals surface area contributed by atoms with Crippen molar-refractivity contribution in [3.05, 3.63) is 103 Å². The number of rotatable bonds is 21. The van der Waals surface area contributed by atoms with Crippen molar-refractivity contribution < 1.29 is 0 Å². The molecule has 0 aliphatic rings. The highest BCUT2D eigenvalue weighted by Crippen LogP contribution is 1.80.